The third kappa shape index (κ3) is 5.17. The second kappa shape index (κ2) is 7.61. The Hall–Kier alpha value is -1.34. The molecule has 0 heterocycles. The fourth-order valence-corrected chi connectivity index (χ4v) is 2.26. The van der Waals surface area contributed by atoms with E-state index in [0.717, 1.165) is 4.90 Å². The number of aliphatic hydroxyl groups is 1. The van der Waals surface area contributed by atoms with E-state index >= 15 is 0 Å². The maximum Gasteiger partial charge on any atom is 0.405 e. The van der Waals surface area contributed by atoms with Gasteiger partial charge in [0.25, 0.3) is 0 Å². The first-order chi connectivity index (χ1) is 9.80. The summed E-state index contributed by atoms with van der Waals surface area (Å²) in [7, 11) is 0. The number of benzene rings is 1. The zero-order valence-corrected chi connectivity index (χ0v) is 12.0. The van der Waals surface area contributed by atoms with Gasteiger partial charge in [-0.2, -0.15) is 13.2 Å². The molecule has 0 aromatic heterocycles. The fourth-order valence-electron chi connectivity index (χ4n) is 2.26. The summed E-state index contributed by atoms with van der Waals surface area (Å²) in [6.45, 7) is 2.20. The molecule has 0 amide bonds. The lowest BCUT2D eigenvalue weighted by Gasteiger charge is -2.29. The summed E-state index contributed by atoms with van der Waals surface area (Å²) in [5.41, 5.74) is 0.326. The van der Waals surface area contributed by atoms with Crippen molar-refractivity contribution in [1.82, 2.24) is 5.32 Å². The number of hydrogen-bond acceptors (Lipinski definition) is 3. The van der Waals surface area contributed by atoms with Crippen LogP contribution in [-0.2, 0) is 0 Å². The molecule has 2 N–H and O–H groups in total. The van der Waals surface area contributed by atoms with Gasteiger partial charge in [0.2, 0.25) is 0 Å². The van der Waals surface area contributed by atoms with Gasteiger partial charge in [-0.05, 0) is 25.6 Å². The van der Waals surface area contributed by atoms with Crippen LogP contribution in [0.2, 0.25) is 0 Å². The number of anilines is 1. The van der Waals surface area contributed by atoms with Gasteiger partial charge in [0.05, 0.1) is 6.61 Å². The average molecular weight is 308 g/mol. The molecule has 21 heavy (non-hydrogen) atoms. The number of nitrogens with one attached hydrogen (secondary N) is 1. The molecule has 0 aliphatic heterocycles. The average Bonchev–Trinajstić information content (AvgIpc) is 2.36. The molecule has 0 radical (unpaired) electrons. The summed E-state index contributed by atoms with van der Waals surface area (Å²) in [6.07, 6.45) is -4.43. The van der Waals surface area contributed by atoms with Crippen molar-refractivity contribution in [3.05, 3.63) is 29.6 Å². The lowest BCUT2D eigenvalue weighted by atomic mass is 10.0. The number of hydrogen-bond donors (Lipinski definition) is 2. The SMILES string of the molecule is CCNC(C)c1c(F)cccc1N(CCO)CC(F)(F)F. The minimum Gasteiger partial charge on any atom is -0.395 e. The number of alkyl halides is 3. The lowest BCUT2D eigenvalue weighted by Crippen LogP contribution is -2.37. The Morgan fingerprint density at radius 3 is 2.52 bits per heavy atom. The summed E-state index contributed by atoms with van der Waals surface area (Å²) in [6, 6.07) is 3.60. The summed E-state index contributed by atoms with van der Waals surface area (Å²) >= 11 is 0. The van der Waals surface area contributed by atoms with Gasteiger partial charge in [-0.15, -0.1) is 0 Å². The standard InChI is InChI=1S/C14H20F4N2O/c1-3-19-10(2)13-11(15)5-4-6-12(13)20(7-8-21)9-14(16,17)18/h4-6,10,19,21H,3,7-9H2,1-2H3. The molecular weight excluding hydrogens is 288 g/mol. The van der Waals surface area contributed by atoms with Crippen LogP contribution in [0.25, 0.3) is 0 Å². The Balaban J connectivity index is 3.20. The molecule has 1 aromatic rings. The number of nitrogens with zero attached hydrogens (tertiary/aromatic N) is 1. The predicted molar refractivity (Wildman–Crippen MR) is 73.8 cm³/mol. The fraction of sp³-hybridized carbons (Fsp3) is 0.571. The third-order valence-electron chi connectivity index (χ3n) is 3.05. The van der Waals surface area contributed by atoms with Gasteiger partial charge in [0.15, 0.2) is 0 Å². The Kier molecular flexibility index (Phi) is 6.42. The second-order valence-electron chi connectivity index (χ2n) is 4.71. The summed E-state index contributed by atoms with van der Waals surface area (Å²) in [5, 5.41) is 12.0. The van der Waals surface area contributed by atoms with E-state index in [1.807, 2.05) is 6.92 Å². The molecule has 120 valence electrons. The molecule has 3 nitrogen and oxygen atoms in total. The minimum atomic E-state index is -4.43. The van der Waals surface area contributed by atoms with Crippen molar-refractivity contribution in [3.8, 4) is 0 Å². The van der Waals surface area contributed by atoms with Crippen LogP contribution in [0.3, 0.4) is 0 Å². The van der Waals surface area contributed by atoms with E-state index in [1.165, 1.54) is 18.2 Å². The Morgan fingerprint density at radius 2 is 2.00 bits per heavy atom. The minimum absolute atomic E-state index is 0.148. The van der Waals surface area contributed by atoms with Crippen molar-refractivity contribution >= 4 is 5.69 Å². The number of rotatable bonds is 7. The van der Waals surface area contributed by atoms with Gasteiger partial charge in [-0.1, -0.05) is 13.0 Å². The first-order valence-corrected chi connectivity index (χ1v) is 6.74. The third-order valence-corrected chi connectivity index (χ3v) is 3.05. The van der Waals surface area contributed by atoms with Crippen LogP contribution in [0.4, 0.5) is 23.2 Å². The van der Waals surface area contributed by atoms with Crippen LogP contribution in [0.1, 0.15) is 25.5 Å². The van der Waals surface area contributed by atoms with Crippen molar-refractivity contribution in [2.75, 3.05) is 31.1 Å². The molecule has 7 heteroatoms. The van der Waals surface area contributed by atoms with Crippen molar-refractivity contribution in [3.63, 3.8) is 0 Å². The number of halogens is 4. The molecule has 1 aromatic carbocycles. The highest BCUT2D eigenvalue weighted by Gasteiger charge is 2.32. The number of aliphatic hydroxyl groups excluding tert-OH is 1. The van der Waals surface area contributed by atoms with Crippen molar-refractivity contribution < 1.29 is 22.7 Å². The molecule has 1 rings (SSSR count). The highest BCUT2D eigenvalue weighted by Crippen LogP contribution is 2.31. The first kappa shape index (κ1) is 17.7. The predicted octanol–water partition coefficient (Wildman–Crippen LogP) is 2.86. The van der Waals surface area contributed by atoms with E-state index < -0.39 is 31.2 Å². The van der Waals surface area contributed by atoms with Crippen LogP contribution < -0.4 is 10.2 Å². The molecular formula is C14H20F4N2O. The van der Waals surface area contributed by atoms with Crippen molar-refractivity contribution in [2.24, 2.45) is 0 Å². The Labute approximate surface area is 121 Å². The highest BCUT2D eigenvalue weighted by atomic mass is 19.4. The first-order valence-electron chi connectivity index (χ1n) is 6.74. The zero-order chi connectivity index (χ0) is 16.0. The smallest absolute Gasteiger partial charge is 0.395 e. The normalized spacial score (nSPS) is 13.3. The molecule has 0 aliphatic carbocycles. The van der Waals surface area contributed by atoms with Gasteiger partial charge < -0.3 is 15.3 Å². The van der Waals surface area contributed by atoms with E-state index in [2.05, 4.69) is 5.32 Å². The summed E-state index contributed by atoms with van der Waals surface area (Å²) in [5.74, 6) is -0.564. The molecule has 0 bridgehead atoms. The molecule has 0 fully saturated rings. The van der Waals surface area contributed by atoms with Gasteiger partial charge in [0.1, 0.15) is 12.4 Å². The van der Waals surface area contributed by atoms with E-state index in [-0.39, 0.29) is 17.8 Å². The molecule has 0 saturated carbocycles. The van der Waals surface area contributed by atoms with Crippen molar-refractivity contribution in [1.29, 1.82) is 0 Å². The Bertz CT molecular complexity index is 451. The monoisotopic (exact) mass is 308 g/mol. The van der Waals surface area contributed by atoms with E-state index in [1.54, 1.807) is 6.92 Å². The second-order valence-corrected chi connectivity index (χ2v) is 4.71. The van der Waals surface area contributed by atoms with Crippen molar-refractivity contribution in [2.45, 2.75) is 26.1 Å². The Morgan fingerprint density at radius 1 is 1.33 bits per heavy atom. The lowest BCUT2D eigenvalue weighted by molar-refractivity contribution is -0.119. The van der Waals surface area contributed by atoms with Gasteiger partial charge in [0, 0.05) is 23.8 Å². The molecule has 1 atom stereocenters. The van der Waals surface area contributed by atoms with Gasteiger partial charge in [-0.25, -0.2) is 4.39 Å². The summed E-state index contributed by atoms with van der Waals surface area (Å²) < 4.78 is 52.0. The molecule has 1 unspecified atom stereocenters. The maximum absolute atomic E-state index is 14.0. The van der Waals surface area contributed by atoms with Gasteiger partial charge in [-0.3, -0.25) is 0 Å². The van der Waals surface area contributed by atoms with Crippen LogP contribution in [-0.4, -0.2) is 37.5 Å². The topological polar surface area (TPSA) is 35.5 Å². The van der Waals surface area contributed by atoms with Crippen LogP contribution in [0.15, 0.2) is 18.2 Å². The molecule has 0 spiro atoms. The highest BCUT2D eigenvalue weighted by molar-refractivity contribution is 5.55. The quantitative estimate of drug-likeness (QED) is 0.760. The largest absolute Gasteiger partial charge is 0.405 e. The van der Waals surface area contributed by atoms with Gasteiger partial charge >= 0.3 is 6.18 Å². The van der Waals surface area contributed by atoms with E-state index in [9.17, 15) is 17.6 Å². The van der Waals surface area contributed by atoms with E-state index in [4.69, 9.17) is 5.11 Å². The maximum atomic E-state index is 14.0. The molecule has 0 aliphatic rings. The summed E-state index contributed by atoms with van der Waals surface area (Å²) in [4.78, 5) is 0.951. The zero-order valence-electron chi connectivity index (χ0n) is 12.0. The van der Waals surface area contributed by atoms with Crippen LogP contribution in [0, 0.1) is 5.82 Å². The molecule has 0 saturated heterocycles. The van der Waals surface area contributed by atoms with Crippen LogP contribution >= 0.6 is 0 Å². The van der Waals surface area contributed by atoms with E-state index in [0.29, 0.717) is 6.54 Å². The van der Waals surface area contributed by atoms with Crippen LogP contribution in [0.5, 0.6) is 0 Å².